The minimum atomic E-state index is -0.167. The second-order valence-corrected chi connectivity index (χ2v) is 7.85. The number of nitrogens with one attached hydrogen (secondary N) is 1. The van der Waals surface area contributed by atoms with Crippen LogP contribution in [0.1, 0.15) is 45.4 Å². The SMILES string of the molecule is Br.COCCc1cc(C(=O)CN2Cc3ccc(C)nc3C2=N)cc(CN(C)C(C)=O)c1O. The van der Waals surface area contributed by atoms with Crippen molar-refractivity contribution in [1.29, 1.82) is 5.41 Å². The molecule has 0 unspecified atom stereocenters. The minimum absolute atomic E-state index is 0. The molecule has 1 aliphatic heterocycles. The summed E-state index contributed by atoms with van der Waals surface area (Å²) in [4.78, 5) is 32.4. The molecule has 172 valence electrons. The second-order valence-electron chi connectivity index (χ2n) is 7.85. The Bertz CT molecular complexity index is 1040. The molecule has 1 aliphatic rings. The monoisotopic (exact) mass is 504 g/mol. The molecule has 0 saturated heterocycles. The summed E-state index contributed by atoms with van der Waals surface area (Å²) < 4.78 is 5.12. The normalized spacial score (nSPS) is 12.4. The lowest BCUT2D eigenvalue weighted by Crippen LogP contribution is -2.30. The number of nitrogens with zero attached hydrogens (tertiary/aromatic N) is 3. The van der Waals surface area contributed by atoms with Gasteiger partial charge < -0.3 is 19.6 Å². The number of benzene rings is 1. The van der Waals surface area contributed by atoms with Gasteiger partial charge in [0.25, 0.3) is 0 Å². The average molecular weight is 505 g/mol. The predicted octanol–water partition coefficient (Wildman–Crippen LogP) is 2.86. The number of Topliss-reactive ketones (excluding diaryl/α,β-unsaturated/α-hetero) is 1. The van der Waals surface area contributed by atoms with Gasteiger partial charge in [0, 0.05) is 56.6 Å². The van der Waals surface area contributed by atoms with E-state index in [0.29, 0.717) is 42.0 Å². The van der Waals surface area contributed by atoms with Gasteiger partial charge in [0.05, 0.1) is 13.2 Å². The molecule has 0 spiro atoms. The van der Waals surface area contributed by atoms with Crippen molar-refractivity contribution in [3.05, 3.63) is 57.9 Å². The van der Waals surface area contributed by atoms with Crippen molar-refractivity contribution in [1.82, 2.24) is 14.8 Å². The largest absolute Gasteiger partial charge is 0.507 e. The van der Waals surface area contributed by atoms with E-state index in [1.54, 1.807) is 31.2 Å². The van der Waals surface area contributed by atoms with Gasteiger partial charge >= 0.3 is 0 Å². The quantitative estimate of drug-likeness (QED) is 0.535. The van der Waals surface area contributed by atoms with Crippen molar-refractivity contribution in [2.45, 2.75) is 33.4 Å². The molecular formula is C23H29BrN4O4. The van der Waals surface area contributed by atoms with Gasteiger partial charge in [0.15, 0.2) is 5.78 Å². The number of phenolic OH excluding ortho intramolecular Hbond substituents is 1. The van der Waals surface area contributed by atoms with E-state index < -0.39 is 0 Å². The molecule has 8 nitrogen and oxygen atoms in total. The van der Waals surface area contributed by atoms with E-state index in [9.17, 15) is 14.7 Å². The number of pyridine rings is 1. The van der Waals surface area contributed by atoms with Crippen LogP contribution in [0.3, 0.4) is 0 Å². The lowest BCUT2D eigenvalue weighted by atomic mass is 9.98. The van der Waals surface area contributed by atoms with Crippen LogP contribution in [0.2, 0.25) is 0 Å². The Morgan fingerprint density at radius 1 is 1.28 bits per heavy atom. The molecule has 9 heteroatoms. The van der Waals surface area contributed by atoms with Crippen LogP contribution in [0.25, 0.3) is 0 Å². The highest BCUT2D eigenvalue weighted by Crippen LogP contribution is 2.28. The zero-order valence-corrected chi connectivity index (χ0v) is 20.5. The highest BCUT2D eigenvalue weighted by molar-refractivity contribution is 8.93. The predicted molar refractivity (Wildman–Crippen MR) is 127 cm³/mol. The zero-order chi connectivity index (χ0) is 22.7. The van der Waals surface area contributed by atoms with E-state index in [4.69, 9.17) is 10.1 Å². The molecule has 0 saturated carbocycles. The molecule has 2 aromatic rings. The number of ether oxygens (including phenoxy) is 1. The number of aryl methyl sites for hydroxylation is 1. The molecule has 0 bridgehead atoms. The Hall–Kier alpha value is -2.78. The van der Waals surface area contributed by atoms with Gasteiger partial charge in [-0.15, -0.1) is 17.0 Å². The van der Waals surface area contributed by atoms with Crippen molar-refractivity contribution in [2.24, 2.45) is 0 Å². The maximum absolute atomic E-state index is 13.1. The third kappa shape index (κ3) is 5.52. The second kappa shape index (κ2) is 10.7. The summed E-state index contributed by atoms with van der Waals surface area (Å²) >= 11 is 0. The van der Waals surface area contributed by atoms with Gasteiger partial charge in [-0.05, 0) is 37.1 Å². The summed E-state index contributed by atoms with van der Waals surface area (Å²) in [6, 6.07) is 7.14. The maximum atomic E-state index is 13.1. The number of aromatic hydroxyl groups is 1. The van der Waals surface area contributed by atoms with E-state index in [2.05, 4.69) is 4.98 Å². The van der Waals surface area contributed by atoms with E-state index in [1.807, 2.05) is 19.1 Å². The topological polar surface area (TPSA) is 107 Å². The zero-order valence-electron chi connectivity index (χ0n) is 18.8. The fourth-order valence-corrected chi connectivity index (χ4v) is 3.56. The van der Waals surface area contributed by atoms with Crippen LogP contribution < -0.4 is 0 Å². The van der Waals surface area contributed by atoms with Crippen molar-refractivity contribution in [3.8, 4) is 5.75 Å². The van der Waals surface area contributed by atoms with Crippen LogP contribution in [-0.4, -0.2) is 64.7 Å². The molecule has 0 radical (unpaired) electrons. The summed E-state index contributed by atoms with van der Waals surface area (Å²) in [6.07, 6.45) is 0.439. The van der Waals surface area contributed by atoms with Gasteiger partial charge in [-0.3, -0.25) is 15.0 Å². The first-order chi connectivity index (χ1) is 14.7. The molecule has 0 atom stereocenters. The van der Waals surface area contributed by atoms with E-state index in [-0.39, 0.29) is 53.3 Å². The molecule has 2 N–H and O–H groups in total. The average Bonchev–Trinajstić information content (AvgIpc) is 3.03. The highest BCUT2D eigenvalue weighted by atomic mass is 79.9. The molecule has 1 aromatic carbocycles. The molecule has 32 heavy (non-hydrogen) atoms. The van der Waals surface area contributed by atoms with Crippen LogP contribution in [0.15, 0.2) is 24.3 Å². The Labute approximate surface area is 198 Å². The fourth-order valence-electron chi connectivity index (χ4n) is 3.56. The first-order valence-electron chi connectivity index (χ1n) is 10.1. The number of halogens is 1. The standard InChI is InChI=1S/C23H28N4O4.BrH/c1-14-5-6-17-12-27(23(24)21(17)25-14)13-20(29)18-9-16(7-8-31-4)22(30)19(10-18)11-26(3)15(2)28;/h5-6,9-10,24,30H,7-8,11-13H2,1-4H3;1H. The van der Waals surface area contributed by atoms with Crippen LogP contribution in [0.5, 0.6) is 5.75 Å². The van der Waals surface area contributed by atoms with Crippen molar-refractivity contribution in [2.75, 3.05) is 27.3 Å². The number of rotatable bonds is 8. The van der Waals surface area contributed by atoms with Crippen molar-refractivity contribution >= 4 is 34.5 Å². The number of carbonyl (C=O) groups excluding carboxylic acids is 2. The molecule has 0 fully saturated rings. The van der Waals surface area contributed by atoms with Gasteiger partial charge in [-0.2, -0.15) is 0 Å². The number of amidine groups is 1. The van der Waals surface area contributed by atoms with Gasteiger partial charge in [0.1, 0.15) is 17.3 Å². The van der Waals surface area contributed by atoms with Crippen molar-refractivity contribution in [3.63, 3.8) is 0 Å². The highest BCUT2D eigenvalue weighted by Gasteiger charge is 2.28. The number of phenols is 1. The molecule has 1 aromatic heterocycles. The number of amides is 1. The summed E-state index contributed by atoms with van der Waals surface area (Å²) in [5.41, 5.74) is 3.91. The number of methoxy groups -OCH3 is 1. The Balaban J connectivity index is 0.00000363. The van der Waals surface area contributed by atoms with Gasteiger partial charge in [-0.25, -0.2) is 4.98 Å². The van der Waals surface area contributed by atoms with E-state index in [0.717, 1.165) is 11.3 Å². The van der Waals surface area contributed by atoms with Crippen LogP contribution in [0.4, 0.5) is 0 Å². The number of aromatic nitrogens is 1. The number of hydrogen-bond donors (Lipinski definition) is 2. The summed E-state index contributed by atoms with van der Waals surface area (Å²) in [7, 11) is 3.21. The van der Waals surface area contributed by atoms with Crippen molar-refractivity contribution < 1.29 is 19.4 Å². The van der Waals surface area contributed by atoms with Crippen LogP contribution >= 0.6 is 17.0 Å². The smallest absolute Gasteiger partial charge is 0.219 e. The Morgan fingerprint density at radius 3 is 2.62 bits per heavy atom. The lowest BCUT2D eigenvalue weighted by molar-refractivity contribution is -0.128. The van der Waals surface area contributed by atoms with Gasteiger partial charge in [0.2, 0.25) is 5.91 Å². The Morgan fingerprint density at radius 2 is 1.97 bits per heavy atom. The fraction of sp³-hybridized carbons (Fsp3) is 0.391. The summed E-state index contributed by atoms with van der Waals surface area (Å²) in [5, 5.41) is 19.1. The molecule has 3 rings (SSSR count). The van der Waals surface area contributed by atoms with E-state index >= 15 is 0 Å². The molecule has 0 aliphatic carbocycles. The lowest BCUT2D eigenvalue weighted by Gasteiger charge is -2.20. The molecule has 1 amide bonds. The maximum Gasteiger partial charge on any atom is 0.219 e. The number of carbonyl (C=O) groups is 2. The first kappa shape index (κ1) is 25.5. The Kier molecular flexibility index (Phi) is 8.51. The van der Waals surface area contributed by atoms with Gasteiger partial charge in [-0.1, -0.05) is 6.07 Å². The summed E-state index contributed by atoms with van der Waals surface area (Å²) in [5.74, 6) is 0.00461. The molecular weight excluding hydrogens is 476 g/mol. The number of hydrogen-bond acceptors (Lipinski definition) is 6. The van der Waals surface area contributed by atoms with Crippen LogP contribution in [0, 0.1) is 12.3 Å². The minimum Gasteiger partial charge on any atom is -0.507 e. The number of ketones is 1. The third-order valence-corrected chi connectivity index (χ3v) is 5.46. The van der Waals surface area contributed by atoms with Crippen LogP contribution in [-0.2, 0) is 29.0 Å². The van der Waals surface area contributed by atoms with E-state index in [1.165, 1.54) is 11.8 Å². The molecule has 2 heterocycles. The third-order valence-electron chi connectivity index (χ3n) is 5.46. The summed E-state index contributed by atoms with van der Waals surface area (Å²) in [6.45, 7) is 4.40. The number of fused-ring (bicyclic) bond motifs is 1. The first-order valence-corrected chi connectivity index (χ1v) is 10.1.